The average Bonchev–Trinajstić information content (AvgIpc) is 3.16. The van der Waals surface area contributed by atoms with Gasteiger partial charge in [-0.25, -0.2) is 4.68 Å². The van der Waals surface area contributed by atoms with Crippen molar-refractivity contribution in [1.82, 2.24) is 14.7 Å². The van der Waals surface area contributed by atoms with Gasteiger partial charge in [0.05, 0.1) is 25.3 Å². The number of hydrogen-bond acceptors (Lipinski definition) is 5. The van der Waals surface area contributed by atoms with Crippen LogP contribution in [0.2, 0.25) is 0 Å². The van der Waals surface area contributed by atoms with Gasteiger partial charge in [0.25, 0.3) is 5.91 Å². The summed E-state index contributed by atoms with van der Waals surface area (Å²) >= 11 is 0. The molecule has 0 spiro atoms. The van der Waals surface area contributed by atoms with E-state index in [2.05, 4.69) is 10.4 Å². The Bertz CT molecular complexity index is 783. The molecule has 1 aliphatic rings. The number of anilines is 1. The van der Waals surface area contributed by atoms with Gasteiger partial charge in [0.15, 0.2) is 0 Å². The quantitative estimate of drug-likeness (QED) is 0.757. The van der Waals surface area contributed by atoms with Crippen LogP contribution >= 0.6 is 0 Å². The SMILES string of the molecule is C[C@@H](O)C(=O)N1CCC(n2nccc2NC(=O)CCOc2ccccc2)CC1. The summed E-state index contributed by atoms with van der Waals surface area (Å²) in [5.41, 5.74) is 0. The number of aliphatic hydroxyl groups is 1. The summed E-state index contributed by atoms with van der Waals surface area (Å²) in [4.78, 5) is 25.8. The standard InChI is InChI=1S/C20H26N4O4/c1-15(25)20(27)23-12-8-16(9-13-23)24-18(7-11-21-24)22-19(26)10-14-28-17-5-3-2-4-6-17/h2-7,11,15-16,25H,8-10,12-14H2,1H3,(H,22,26)/t15-/m1/s1. The molecule has 2 N–H and O–H groups in total. The van der Waals surface area contributed by atoms with Crippen molar-refractivity contribution in [1.29, 1.82) is 0 Å². The van der Waals surface area contributed by atoms with Crippen molar-refractivity contribution in [3.05, 3.63) is 42.6 Å². The maximum atomic E-state index is 12.2. The lowest BCUT2D eigenvalue weighted by molar-refractivity contribution is -0.140. The van der Waals surface area contributed by atoms with Gasteiger partial charge in [-0.15, -0.1) is 0 Å². The molecule has 0 saturated carbocycles. The van der Waals surface area contributed by atoms with E-state index in [9.17, 15) is 14.7 Å². The van der Waals surface area contributed by atoms with Crippen LogP contribution in [0.3, 0.4) is 0 Å². The van der Waals surface area contributed by atoms with E-state index >= 15 is 0 Å². The van der Waals surface area contributed by atoms with Crippen molar-refractivity contribution in [3.63, 3.8) is 0 Å². The highest BCUT2D eigenvalue weighted by molar-refractivity contribution is 5.89. The molecule has 1 saturated heterocycles. The molecule has 0 unspecified atom stereocenters. The third-order valence-corrected chi connectivity index (χ3v) is 4.76. The molecule has 1 aliphatic heterocycles. The Morgan fingerprint density at radius 3 is 2.64 bits per heavy atom. The summed E-state index contributed by atoms with van der Waals surface area (Å²) in [5.74, 6) is 0.995. The Hall–Kier alpha value is -2.87. The van der Waals surface area contributed by atoms with Crippen molar-refractivity contribution in [2.45, 2.75) is 38.3 Å². The zero-order valence-electron chi connectivity index (χ0n) is 16.0. The molecule has 0 bridgehead atoms. The lowest BCUT2D eigenvalue weighted by atomic mass is 10.0. The number of ether oxygens (including phenoxy) is 1. The highest BCUT2D eigenvalue weighted by Gasteiger charge is 2.27. The van der Waals surface area contributed by atoms with E-state index in [4.69, 9.17) is 4.74 Å². The molecule has 8 nitrogen and oxygen atoms in total. The maximum absolute atomic E-state index is 12.2. The summed E-state index contributed by atoms with van der Waals surface area (Å²) in [6, 6.07) is 11.2. The fourth-order valence-corrected chi connectivity index (χ4v) is 3.28. The lowest BCUT2D eigenvalue weighted by Gasteiger charge is -2.33. The number of nitrogens with zero attached hydrogens (tertiary/aromatic N) is 3. The van der Waals surface area contributed by atoms with Gasteiger partial charge in [0.2, 0.25) is 5.91 Å². The molecule has 2 heterocycles. The van der Waals surface area contributed by atoms with Crippen LogP contribution in [0, 0.1) is 0 Å². The maximum Gasteiger partial charge on any atom is 0.251 e. The topological polar surface area (TPSA) is 96.7 Å². The van der Waals surface area contributed by atoms with Gasteiger partial charge < -0.3 is 20.1 Å². The molecule has 28 heavy (non-hydrogen) atoms. The molecule has 150 valence electrons. The Labute approximate surface area is 164 Å². The van der Waals surface area contributed by atoms with Gasteiger partial charge >= 0.3 is 0 Å². The van der Waals surface area contributed by atoms with Gasteiger partial charge in [-0.3, -0.25) is 9.59 Å². The second-order valence-corrected chi connectivity index (χ2v) is 6.85. The molecule has 1 atom stereocenters. The number of piperidine rings is 1. The van der Waals surface area contributed by atoms with Crippen LogP contribution in [0.4, 0.5) is 5.82 Å². The smallest absolute Gasteiger partial charge is 0.251 e. The highest BCUT2D eigenvalue weighted by Crippen LogP contribution is 2.25. The van der Waals surface area contributed by atoms with Crippen LogP contribution in [0.25, 0.3) is 0 Å². The van der Waals surface area contributed by atoms with Crippen LogP contribution < -0.4 is 10.1 Å². The normalized spacial score (nSPS) is 15.9. The number of rotatable bonds is 7. The van der Waals surface area contributed by atoms with Gasteiger partial charge in [-0.2, -0.15) is 5.10 Å². The Kier molecular flexibility index (Phi) is 6.65. The summed E-state index contributed by atoms with van der Waals surface area (Å²) in [6.07, 6.45) is 2.36. The Morgan fingerprint density at radius 2 is 1.96 bits per heavy atom. The van der Waals surface area contributed by atoms with E-state index in [1.807, 2.05) is 30.3 Å². The largest absolute Gasteiger partial charge is 0.493 e. The fraction of sp³-hybridized carbons (Fsp3) is 0.450. The molecular weight excluding hydrogens is 360 g/mol. The van der Waals surface area contributed by atoms with Crippen molar-refractivity contribution < 1.29 is 19.4 Å². The van der Waals surface area contributed by atoms with E-state index in [1.54, 1.807) is 21.8 Å². The van der Waals surface area contributed by atoms with Crippen molar-refractivity contribution in [2.75, 3.05) is 25.0 Å². The zero-order valence-corrected chi connectivity index (χ0v) is 16.0. The minimum Gasteiger partial charge on any atom is -0.493 e. The predicted molar refractivity (Wildman–Crippen MR) is 104 cm³/mol. The van der Waals surface area contributed by atoms with Crippen molar-refractivity contribution in [2.24, 2.45) is 0 Å². The van der Waals surface area contributed by atoms with E-state index < -0.39 is 6.10 Å². The molecule has 2 aromatic rings. The van der Waals surface area contributed by atoms with E-state index in [-0.39, 0.29) is 24.3 Å². The number of aromatic nitrogens is 2. The van der Waals surface area contributed by atoms with Crippen LogP contribution in [0.1, 0.15) is 32.2 Å². The van der Waals surface area contributed by atoms with Gasteiger partial charge in [-0.05, 0) is 31.9 Å². The number of hydrogen-bond donors (Lipinski definition) is 2. The molecular formula is C20H26N4O4. The van der Waals surface area contributed by atoms with Crippen LogP contribution in [0.15, 0.2) is 42.6 Å². The Morgan fingerprint density at radius 1 is 1.25 bits per heavy atom. The monoisotopic (exact) mass is 386 g/mol. The summed E-state index contributed by atoms with van der Waals surface area (Å²) in [6.45, 7) is 2.90. The average molecular weight is 386 g/mol. The predicted octanol–water partition coefficient (Wildman–Crippen LogP) is 1.83. The number of amides is 2. The third-order valence-electron chi connectivity index (χ3n) is 4.76. The molecule has 0 radical (unpaired) electrons. The van der Waals surface area contributed by atoms with Crippen LogP contribution in [-0.4, -0.2) is 57.4 Å². The van der Waals surface area contributed by atoms with Crippen molar-refractivity contribution in [3.8, 4) is 5.75 Å². The fourth-order valence-electron chi connectivity index (χ4n) is 3.28. The molecule has 1 aromatic heterocycles. The number of carbonyl (C=O) groups is 2. The second-order valence-electron chi connectivity index (χ2n) is 6.85. The number of carbonyl (C=O) groups excluding carboxylic acids is 2. The van der Waals surface area contributed by atoms with Gasteiger partial charge in [-0.1, -0.05) is 18.2 Å². The number of para-hydroxylation sites is 1. The second kappa shape index (κ2) is 9.36. The van der Waals surface area contributed by atoms with Gasteiger partial charge in [0, 0.05) is 19.2 Å². The first kappa shape index (κ1) is 19.9. The molecule has 1 aromatic carbocycles. The van der Waals surface area contributed by atoms with E-state index in [0.29, 0.717) is 25.5 Å². The molecule has 0 aliphatic carbocycles. The molecule has 1 fully saturated rings. The van der Waals surface area contributed by atoms with Gasteiger partial charge in [0.1, 0.15) is 17.7 Å². The molecule has 8 heteroatoms. The van der Waals surface area contributed by atoms with E-state index in [1.165, 1.54) is 6.92 Å². The molecule has 3 rings (SSSR count). The number of aliphatic hydroxyl groups excluding tert-OH is 1. The first-order valence-electron chi connectivity index (χ1n) is 9.52. The number of benzene rings is 1. The highest BCUT2D eigenvalue weighted by atomic mass is 16.5. The summed E-state index contributed by atoms with van der Waals surface area (Å²) in [7, 11) is 0. The first-order valence-corrected chi connectivity index (χ1v) is 9.52. The summed E-state index contributed by atoms with van der Waals surface area (Å²) in [5, 5.41) is 16.7. The minimum atomic E-state index is -0.978. The lowest BCUT2D eigenvalue weighted by Crippen LogP contribution is -2.43. The van der Waals surface area contributed by atoms with Crippen LogP contribution in [-0.2, 0) is 9.59 Å². The Balaban J connectivity index is 1.48. The van der Waals surface area contributed by atoms with Crippen LogP contribution in [0.5, 0.6) is 5.75 Å². The van der Waals surface area contributed by atoms with E-state index in [0.717, 1.165) is 18.6 Å². The summed E-state index contributed by atoms with van der Waals surface area (Å²) < 4.78 is 7.36. The first-order chi connectivity index (χ1) is 13.5. The number of likely N-dealkylation sites (tertiary alicyclic amines) is 1. The van der Waals surface area contributed by atoms with Crippen molar-refractivity contribution >= 4 is 17.6 Å². The number of nitrogens with one attached hydrogen (secondary N) is 1. The zero-order chi connectivity index (χ0) is 19.9. The minimum absolute atomic E-state index is 0.101. The molecule has 2 amide bonds. The third kappa shape index (κ3) is 5.10.